The average Bonchev–Trinajstić information content (AvgIpc) is 2.11. The lowest BCUT2D eigenvalue weighted by Crippen LogP contribution is -2.38. The van der Waals surface area contributed by atoms with Gasteiger partial charge in [-0.25, -0.2) is 0 Å². The van der Waals surface area contributed by atoms with Gasteiger partial charge in [-0.3, -0.25) is 0 Å². The van der Waals surface area contributed by atoms with E-state index in [1.165, 1.54) is 6.42 Å². The van der Waals surface area contributed by atoms with Crippen LogP contribution in [-0.2, 0) is 0 Å². The molecular formula is C12H22O. The van der Waals surface area contributed by atoms with Crippen LogP contribution in [0.4, 0.5) is 0 Å². The van der Waals surface area contributed by atoms with Gasteiger partial charge >= 0.3 is 0 Å². The molecule has 1 aliphatic carbocycles. The van der Waals surface area contributed by atoms with Crippen molar-refractivity contribution in [3.63, 3.8) is 0 Å². The normalized spacial score (nSPS) is 40.3. The van der Waals surface area contributed by atoms with E-state index in [2.05, 4.69) is 20.4 Å². The molecule has 0 heterocycles. The van der Waals surface area contributed by atoms with E-state index in [1.54, 1.807) is 0 Å². The van der Waals surface area contributed by atoms with Gasteiger partial charge in [0.1, 0.15) is 0 Å². The van der Waals surface area contributed by atoms with Crippen molar-refractivity contribution >= 4 is 0 Å². The molecule has 0 atom stereocenters. The average molecular weight is 182 g/mol. The minimum absolute atomic E-state index is 0.460. The Hall–Kier alpha value is -0.300. The molecule has 1 saturated carbocycles. The highest BCUT2D eigenvalue weighted by Crippen LogP contribution is 2.44. The van der Waals surface area contributed by atoms with Crippen LogP contribution in [0, 0.1) is 5.41 Å². The van der Waals surface area contributed by atoms with Gasteiger partial charge in [0.2, 0.25) is 0 Å². The molecule has 0 amide bonds. The van der Waals surface area contributed by atoms with Crippen LogP contribution in [0.15, 0.2) is 12.2 Å². The van der Waals surface area contributed by atoms with Gasteiger partial charge < -0.3 is 5.11 Å². The van der Waals surface area contributed by atoms with E-state index in [9.17, 15) is 5.11 Å². The summed E-state index contributed by atoms with van der Waals surface area (Å²) in [6.07, 6.45) is 5.28. The molecule has 1 nitrogen and oxygen atoms in total. The highest BCUT2D eigenvalue weighted by molar-refractivity contribution is 5.11. The molecule has 0 radical (unpaired) electrons. The summed E-state index contributed by atoms with van der Waals surface area (Å²) in [6, 6.07) is 0. The Balaban J connectivity index is 2.61. The second-order valence-corrected chi connectivity index (χ2v) is 4.98. The van der Waals surface area contributed by atoms with Crippen LogP contribution in [0.1, 0.15) is 52.9 Å². The first kappa shape index (κ1) is 10.8. The van der Waals surface area contributed by atoms with E-state index in [1.807, 2.05) is 6.92 Å². The topological polar surface area (TPSA) is 20.2 Å². The van der Waals surface area contributed by atoms with E-state index < -0.39 is 5.60 Å². The van der Waals surface area contributed by atoms with Gasteiger partial charge in [0.25, 0.3) is 0 Å². The zero-order valence-electron chi connectivity index (χ0n) is 9.19. The monoisotopic (exact) mass is 182 g/mol. The van der Waals surface area contributed by atoms with Gasteiger partial charge in [-0.1, -0.05) is 26.8 Å². The van der Waals surface area contributed by atoms with E-state index in [-0.39, 0.29) is 0 Å². The maximum atomic E-state index is 10.2. The highest BCUT2D eigenvalue weighted by atomic mass is 16.3. The Morgan fingerprint density at radius 3 is 2.08 bits per heavy atom. The summed E-state index contributed by atoms with van der Waals surface area (Å²) in [5.41, 5.74) is 0.835. The summed E-state index contributed by atoms with van der Waals surface area (Å²) in [6.45, 7) is 10.4. The molecule has 0 aromatic rings. The van der Waals surface area contributed by atoms with Gasteiger partial charge in [-0.05, 0) is 43.6 Å². The first-order chi connectivity index (χ1) is 5.92. The quantitative estimate of drug-likeness (QED) is 0.650. The van der Waals surface area contributed by atoms with Crippen molar-refractivity contribution in [2.75, 3.05) is 0 Å². The van der Waals surface area contributed by atoms with Crippen molar-refractivity contribution in [1.29, 1.82) is 0 Å². The number of hydrogen-bond donors (Lipinski definition) is 1. The Labute approximate surface area is 81.9 Å². The molecule has 13 heavy (non-hydrogen) atoms. The molecule has 76 valence electrons. The maximum Gasteiger partial charge on any atom is 0.0851 e. The van der Waals surface area contributed by atoms with Gasteiger partial charge in [0, 0.05) is 0 Å². The first-order valence-corrected chi connectivity index (χ1v) is 5.30. The molecule has 1 N–H and O–H groups in total. The SMILES string of the molecule is C=C(C)C1(O)CCC(C)(CC)CC1. The zero-order valence-corrected chi connectivity index (χ0v) is 9.19. The maximum absolute atomic E-state index is 10.2. The van der Waals surface area contributed by atoms with Crippen LogP contribution in [0.3, 0.4) is 0 Å². The fourth-order valence-corrected chi connectivity index (χ4v) is 2.05. The molecule has 0 unspecified atom stereocenters. The fraction of sp³-hybridized carbons (Fsp3) is 0.833. The molecule has 0 spiro atoms. The van der Waals surface area contributed by atoms with Crippen molar-refractivity contribution in [2.24, 2.45) is 5.41 Å². The Morgan fingerprint density at radius 1 is 1.31 bits per heavy atom. The summed E-state index contributed by atoms with van der Waals surface area (Å²) in [7, 11) is 0. The minimum Gasteiger partial charge on any atom is -0.386 e. The second-order valence-electron chi connectivity index (χ2n) is 4.98. The molecular weight excluding hydrogens is 160 g/mol. The molecule has 0 aromatic heterocycles. The smallest absolute Gasteiger partial charge is 0.0851 e. The van der Waals surface area contributed by atoms with Gasteiger partial charge in [0.15, 0.2) is 0 Å². The molecule has 0 bridgehead atoms. The van der Waals surface area contributed by atoms with Crippen molar-refractivity contribution in [1.82, 2.24) is 0 Å². The lowest BCUT2D eigenvalue weighted by Gasteiger charge is -2.42. The summed E-state index contributed by atoms with van der Waals surface area (Å²) in [4.78, 5) is 0. The number of hydrogen-bond acceptors (Lipinski definition) is 1. The van der Waals surface area contributed by atoms with Crippen LogP contribution in [0.5, 0.6) is 0 Å². The first-order valence-electron chi connectivity index (χ1n) is 5.30. The van der Waals surface area contributed by atoms with Gasteiger partial charge in [-0.15, -0.1) is 0 Å². The minimum atomic E-state index is -0.561. The van der Waals surface area contributed by atoms with E-state index in [0.717, 1.165) is 31.3 Å². The third-order valence-corrected chi connectivity index (χ3v) is 3.93. The molecule has 1 heteroatoms. The predicted octanol–water partition coefficient (Wildman–Crippen LogP) is 3.28. The van der Waals surface area contributed by atoms with Gasteiger partial charge in [-0.2, -0.15) is 0 Å². The van der Waals surface area contributed by atoms with Crippen LogP contribution in [0.25, 0.3) is 0 Å². The van der Waals surface area contributed by atoms with Crippen molar-refractivity contribution < 1.29 is 5.11 Å². The summed E-state index contributed by atoms with van der Waals surface area (Å²) < 4.78 is 0. The third kappa shape index (κ3) is 2.14. The predicted molar refractivity (Wildman–Crippen MR) is 56.6 cm³/mol. The Morgan fingerprint density at radius 2 is 1.77 bits per heavy atom. The summed E-state index contributed by atoms with van der Waals surface area (Å²) in [5.74, 6) is 0. The number of aliphatic hydroxyl groups is 1. The molecule has 0 saturated heterocycles. The van der Waals surface area contributed by atoms with Gasteiger partial charge in [0.05, 0.1) is 5.60 Å². The van der Waals surface area contributed by atoms with E-state index in [4.69, 9.17) is 0 Å². The largest absolute Gasteiger partial charge is 0.386 e. The van der Waals surface area contributed by atoms with Crippen LogP contribution in [0.2, 0.25) is 0 Å². The lowest BCUT2D eigenvalue weighted by molar-refractivity contribution is -0.000674. The Bertz CT molecular complexity index is 197. The summed E-state index contributed by atoms with van der Waals surface area (Å²) >= 11 is 0. The van der Waals surface area contributed by atoms with Crippen LogP contribution < -0.4 is 0 Å². The standard InChI is InChI=1S/C12H22O/c1-5-11(4)6-8-12(13,9-7-11)10(2)3/h13H,2,5-9H2,1,3-4H3. The van der Waals surface area contributed by atoms with Crippen molar-refractivity contribution in [3.05, 3.63) is 12.2 Å². The Kier molecular flexibility index (Phi) is 2.86. The van der Waals surface area contributed by atoms with E-state index >= 15 is 0 Å². The second kappa shape index (κ2) is 3.45. The fourth-order valence-electron chi connectivity index (χ4n) is 2.05. The summed E-state index contributed by atoms with van der Waals surface area (Å²) in [5, 5.41) is 10.2. The van der Waals surface area contributed by atoms with Crippen LogP contribution >= 0.6 is 0 Å². The molecule has 1 aliphatic rings. The van der Waals surface area contributed by atoms with Crippen LogP contribution in [-0.4, -0.2) is 10.7 Å². The highest BCUT2D eigenvalue weighted by Gasteiger charge is 2.38. The van der Waals surface area contributed by atoms with Crippen molar-refractivity contribution in [2.45, 2.75) is 58.5 Å². The lowest BCUT2D eigenvalue weighted by atomic mass is 9.67. The van der Waals surface area contributed by atoms with E-state index in [0.29, 0.717) is 5.41 Å². The van der Waals surface area contributed by atoms with Crippen molar-refractivity contribution in [3.8, 4) is 0 Å². The molecule has 1 rings (SSSR count). The number of rotatable bonds is 2. The third-order valence-electron chi connectivity index (χ3n) is 3.93. The zero-order chi connectivity index (χ0) is 10.1. The molecule has 0 aromatic carbocycles. The molecule has 0 aliphatic heterocycles. The molecule has 1 fully saturated rings.